The molecule has 0 spiro atoms. The van der Waals surface area contributed by atoms with Crippen molar-refractivity contribution in [3.63, 3.8) is 0 Å². The molecule has 1 atom stereocenters. The number of carbonyl (C=O) groups is 1. The Bertz CT molecular complexity index is 360. The third-order valence-corrected chi connectivity index (χ3v) is 2.63. The third kappa shape index (κ3) is 3.75. The van der Waals surface area contributed by atoms with Crippen LogP contribution in [0, 0.1) is 0 Å². The zero-order valence-electron chi connectivity index (χ0n) is 10.6. The summed E-state index contributed by atoms with van der Waals surface area (Å²) in [5.74, 6) is 5.95. The summed E-state index contributed by atoms with van der Waals surface area (Å²) in [5, 5.41) is 0. The lowest BCUT2D eigenvalue weighted by Crippen LogP contribution is -2.41. The summed E-state index contributed by atoms with van der Waals surface area (Å²) >= 11 is 0. The second-order valence-electron chi connectivity index (χ2n) is 4.25. The van der Waals surface area contributed by atoms with Crippen molar-refractivity contribution in [3.05, 3.63) is 29.8 Å². The van der Waals surface area contributed by atoms with E-state index in [1.54, 1.807) is 0 Å². The maximum atomic E-state index is 11.4. The molecule has 0 heterocycles. The first-order chi connectivity index (χ1) is 8.08. The molecule has 1 aromatic carbocycles. The first-order valence-corrected chi connectivity index (χ1v) is 5.85. The third-order valence-electron chi connectivity index (χ3n) is 2.63. The molecule has 4 nitrogen and oxygen atoms in total. The van der Waals surface area contributed by atoms with Crippen LogP contribution in [0.3, 0.4) is 0 Å². The Labute approximate surface area is 102 Å². The van der Waals surface area contributed by atoms with E-state index in [0.717, 1.165) is 0 Å². The first kappa shape index (κ1) is 13.5. The van der Waals surface area contributed by atoms with Crippen LogP contribution in [0.4, 0.5) is 0 Å². The second-order valence-corrected chi connectivity index (χ2v) is 4.25. The molecule has 4 heteroatoms. The molecule has 1 amide bonds. The van der Waals surface area contributed by atoms with E-state index >= 15 is 0 Å². The SMILES string of the molecule is CCC(Oc1ccc(C(C)C)cc1)C(=O)NN. The Morgan fingerprint density at radius 2 is 1.94 bits per heavy atom. The number of carbonyl (C=O) groups excluding carboxylic acids is 1. The average Bonchev–Trinajstić information content (AvgIpc) is 2.35. The van der Waals surface area contributed by atoms with Gasteiger partial charge in [-0.25, -0.2) is 5.84 Å². The van der Waals surface area contributed by atoms with E-state index in [4.69, 9.17) is 10.6 Å². The molecule has 0 fully saturated rings. The predicted molar refractivity (Wildman–Crippen MR) is 67.6 cm³/mol. The fourth-order valence-electron chi connectivity index (χ4n) is 1.51. The number of ether oxygens (including phenoxy) is 1. The van der Waals surface area contributed by atoms with Crippen LogP contribution in [-0.2, 0) is 4.79 Å². The number of nitrogens with two attached hydrogens (primary N) is 1. The van der Waals surface area contributed by atoms with Crippen LogP contribution in [0.15, 0.2) is 24.3 Å². The molecule has 0 radical (unpaired) electrons. The van der Waals surface area contributed by atoms with Gasteiger partial charge in [-0.2, -0.15) is 0 Å². The van der Waals surface area contributed by atoms with Crippen molar-refractivity contribution < 1.29 is 9.53 Å². The smallest absolute Gasteiger partial charge is 0.274 e. The van der Waals surface area contributed by atoms with Crippen LogP contribution in [0.5, 0.6) is 5.75 Å². The first-order valence-electron chi connectivity index (χ1n) is 5.85. The van der Waals surface area contributed by atoms with Gasteiger partial charge in [-0.3, -0.25) is 10.2 Å². The molecule has 17 heavy (non-hydrogen) atoms. The number of amides is 1. The highest BCUT2D eigenvalue weighted by Crippen LogP contribution is 2.19. The average molecular weight is 236 g/mol. The van der Waals surface area contributed by atoms with Crippen molar-refractivity contribution in [2.75, 3.05) is 0 Å². The van der Waals surface area contributed by atoms with Gasteiger partial charge in [0.25, 0.3) is 5.91 Å². The Morgan fingerprint density at radius 3 is 2.35 bits per heavy atom. The predicted octanol–water partition coefficient (Wildman–Crippen LogP) is 1.96. The highest BCUT2D eigenvalue weighted by molar-refractivity contribution is 5.80. The topological polar surface area (TPSA) is 64.3 Å². The van der Waals surface area contributed by atoms with Gasteiger partial charge in [0, 0.05) is 0 Å². The lowest BCUT2D eigenvalue weighted by atomic mass is 10.0. The van der Waals surface area contributed by atoms with Crippen molar-refractivity contribution >= 4 is 5.91 Å². The second kappa shape index (κ2) is 6.25. The van der Waals surface area contributed by atoms with Gasteiger partial charge in [0.15, 0.2) is 6.10 Å². The molecule has 0 aliphatic rings. The van der Waals surface area contributed by atoms with Gasteiger partial charge in [-0.15, -0.1) is 0 Å². The van der Waals surface area contributed by atoms with Gasteiger partial charge < -0.3 is 4.74 Å². The molecule has 1 rings (SSSR count). The lowest BCUT2D eigenvalue weighted by molar-refractivity contribution is -0.128. The summed E-state index contributed by atoms with van der Waals surface area (Å²) in [5.41, 5.74) is 3.35. The van der Waals surface area contributed by atoms with Crippen molar-refractivity contribution in [1.29, 1.82) is 0 Å². The fourth-order valence-corrected chi connectivity index (χ4v) is 1.51. The number of nitrogens with one attached hydrogen (secondary N) is 1. The summed E-state index contributed by atoms with van der Waals surface area (Å²) in [4.78, 5) is 11.4. The zero-order valence-corrected chi connectivity index (χ0v) is 10.6. The minimum absolute atomic E-state index is 0.305. The van der Waals surface area contributed by atoms with Crippen molar-refractivity contribution in [3.8, 4) is 5.75 Å². The van der Waals surface area contributed by atoms with Gasteiger partial charge in [-0.1, -0.05) is 32.9 Å². The van der Waals surface area contributed by atoms with Crippen molar-refractivity contribution in [2.24, 2.45) is 5.84 Å². The lowest BCUT2D eigenvalue weighted by Gasteiger charge is -2.16. The quantitative estimate of drug-likeness (QED) is 0.466. The van der Waals surface area contributed by atoms with E-state index in [-0.39, 0.29) is 5.91 Å². The van der Waals surface area contributed by atoms with Gasteiger partial charge >= 0.3 is 0 Å². The Morgan fingerprint density at radius 1 is 1.35 bits per heavy atom. The van der Waals surface area contributed by atoms with E-state index in [1.807, 2.05) is 31.2 Å². The molecular weight excluding hydrogens is 216 g/mol. The molecule has 3 N–H and O–H groups in total. The van der Waals surface area contributed by atoms with Crippen molar-refractivity contribution in [2.45, 2.75) is 39.2 Å². The van der Waals surface area contributed by atoms with Crippen LogP contribution in [0.25, 0.3) is 0 Å². The molecule has 0 aliphatic carbocycles. The summed E-state index contributed by atoms with van der Waals surface area (Å²) in [6, 6.07) is 7.77. The van der Waals surface area contributed by atoms with Crippen molar-refractivity contribution in [1.82, 2.24) is 5.43 Å². The Kier molecular flexibility index (Phi) is 4.97. The molecule has 1 aromatic rings. The number of rotatable bonds is 5. The Hall–Kier alpha value is -1.55. The molecular formula is C13H20N2O2. The van der Waals surface area contributed by atoms with Crippen LogP contribution in [0.1, 0.15) is 38.7 Å². The van der Waals surface area contributed by atoms with Crippen LogP contribution in [0.2, 0.25) is 0 Å². The summed E-state index contributed by atoms with van der Waals surface area (Å²) in [6.45, 7) is 6.14. The van der Waals surface area contributed by atoms with Crippen LogP contribution in [-0.4, -0.2) is 12.0 Å². The maximum Gasteiger partial charge on any atom is 0.274 e. The number of hydrazine groups is 1. The van der Waals surface area contributed by atoms with Gasteiger partial charge in [0.2, 0.25) is 0 Å². The van der Waals surface area contributed by atoms with E-state index in [9.17, 15) is 4.79 Å². The summed E-state index contributed by atoms with van der Waals surface area (Å²) in [6.07, 6.45) is 0.0412. The minimum Gasteiger partial charge on any atom is -0.481 e. The number of hydrogen-bond acceptors (Lipinski definition) is 3. The molecule has 1 unspecified atom stereocenters. The highest BCUT2D eigenvalue weighted by atomic mass is 16.5. The Balaban J connectivity index is 2.70. The monoisotopic (exact) mass is 236 g/mol. The largest absolute Gasteiger partial charge is 0.481 e. The number of benzene rings is 1. The van der Waals surface area contributed by atoms with E-state index in [0.29, 0.717) is 18.1 Å². The maximum absolute atomic E-state index is 11.4. The van der Waals surface area contributed by atoms with Gasteiger partial charge in [0.05, 0.1) is 0 Å². The number of hydrogen-bond donors (Lipinski definition) is 2. The van der Waals surface area contributed by atoms with E-state index in [1.165, 1.54) is 5.56 Å². The molecule has 0 aromatic heterocycles. The normalized spacial score (nSPS) is 12.3. The van der Waals surface area contributed by atoms with E-state index in [2.05, 4.69) is 19.3 Å². The zero-order chi connectivity index (χ0) is 12.8. The molecule has 0 saturated heterocycles. The standard InChI is InChI=1S/C13H20N2O2/c1-4-12(13(16)15-14)17-11-7-5-10(6-8-11)9(2)3/h5-9,12H,4,14H2,1-3H3,(H,15,16). The molecule has 0 saturated carbocycles. The minimum atomic E-state index is -0.537. The molecule has 0 aliphatic heterocycles. The van der Waals surface area contributed by atoms with Gasteiger partial charge in [-0.05, 0) is 30.0 Å². The van der Waals surface area contributed by atoms with Gasteiger partial charge in [0.1, 0.15) is 5.75 Å². The molecule has 0 bridgehead atoms. The molecule has 94 valence electrons. The fraction of sp³-hybridized carbons (Fsp3) is 0.462. The summed E-state index contributed by atoms with van der Waals surface area (Å²) < 4.78 is 5.56. The van der Waals surface area contributed by atoms with Crippen LogP contribution >= 0.6 is 0 Å². The summed E-state index contributed by atoms with van der Waals surface area (Å²) in [7, 11) is 0. The highest BCUT2D eigenvalue weighted by Gasteiger charge is 2.16. The van der Waals surface area contributed by atoms with Crippen LogP contribution < -0.4 is 16.0 Å². The van der Waals surface area contributed by atoms with E-state index < -0.39 is 6.10 Å².